The van der Waals surface area contributed by atoms with Crippen molar-refractivity contribution in [1.29, 1.82) is 0 Å². The van der Waals surface area contributed by atoms with Crippen LogP contribution >= 0.6 is 0 Å². The monoisotopic (exact) mass is 356 g/mol. The molecular formula is C19H24N4O3. The van der Waals surface area contributed by atoms with Gasteiger partial charge in [0.1, 0.15) is 5.82 Å². The van der Waals surface area contributed by atoms with E-state index in [2.05, 4.69) is 15.7 Å². The number of nitrogens with zero attached hydrogens (tertiary/aromatic N) is 2. The minimum absolute atomic E-state index is 0.153. The number of hydrogen-bond donors (Lipinski definition) is 2. The van der Waals surface area contributed by atoms with E-state index in [0.717, 1.165) is 31.7 Å². The number of carbonyl (C=O) groups is 2. The predicted molar refractivity (Wildman–Crippen MR) is 97.9 cm³/mol. The van der Waals surface area contributed by atoms with Crippen LogP contribution in [0, 0.1) is 12.8 Å². The molecular weight excluding hydrogens is 332 g/mol. The Balaban J connectivity index is 1.45. The Hall–Kier alpha value is -2.67. The first-order valence-electron chi connectivity index (χ1n) is 8.86. The Morgan fingerprint density at radius 1 is 1.31 bits per heavy atom. The molecule has 1 aliphatic rings. The molecule has 1 aromatic heterocycles. The van der Waals surface area contributed by atoms with Gasteiger partial charge in [-0.05, 0) is 25.0 Å². The van der Waals surface area contributed by atoms with E-state index in [1.54, 1.807) is 23.0 Å². The lowest BCUT2D eigenvalue weighted by Crippen LogP contribution is -2.28. The summed E-state index contributed by atoms with van der Waals surface area (Å²) in [5.41, 5.74) is 1.54. The molecule has 2 aromatic rings. The van der Waals surface area contributed by atoms with Gasteiger partial charge in [0.25, 0.3) is 5.91 Å². The van der Waals surface area contributed by atoms with Crippen molar-refractivity contribution in [2.75, 3.05) is 25.1 Å². The summed E-state index contributed by atoms with van der Waals surface area (Å²) in [6.45, 7) is 4.42. The third kappa shape index (κ3) is 4.70. The summed E-state index contributed by atoms with van der Waals surface area (Å²) in [6, 6.07) is 9.15. The number of hydrogen-bond acceptors (Lipinski definition) is 4. The maximum atomic E-state index is 12.2. The van der Waals surface area contributed by atoms with Crippen LogP contribution < -0.4 is 10.6 Å². The van der Waals surface area contributed by atoms with Gasteiger partial charge in [0.2, 0.25) is 5.91 Å². The lowest BCUT2D eigenvalue weighted by atomic mass is 10.1. The quantitative estimate of drug-likeness (QED) is 0.794. The zero-order valence-corrected chi connectivity index (χ0v) is 14.9. The molecule has 0 unspecified atom stereocenters. The van der Waals surface area contributed by atoms with Gasteiger partial charge in [-0.15, -0.1) is 0 Å². The summed E-state index contributed by atoms with van der Waals surface area (Å²) >= 11 is 0. The largest absolute Gasteiger partial charge is 0.381 e. The van der Waals surface area contributed by atoms with Gasteiger partial charge in [-0.25, -0.2) is 4.68 Å². The van der Waals surface area contributed by atoms with Gasteiger partial charge < -0.3 is 15.4 Å². The molecule has 0 spiro atoms. The molecule has 7 heteroatoms. The molecule has 1 aromatic carbocycles. The molecule has 0 bridgehead atoms. The Morgan fingerprint density at radius 2 is 2.15 bits per heavy atom. The van der Waals surface area contributed by atoms with Crippen LogP contribution in [0.5, 0.6) is 0 Å². The lowest BCUT2D eigenvalue weighted by molar-refractivity contribution is -0.116. The minimum atomic E-state index is -0.165. The first kappa shape index (κ1) is 18.1. The zero-order chi connectivity index (χ0) is 18.4. The molecule has 1 aliphatic heterocycles. The van der Waals surface area contributed by atoms with Crippen molar-refractivity contribution < 1.29 is 14.3 Å². The van der Waals surface area contributed by atoms with E-state index < -0.39 is 0 Å². The van der Waals surface area contributed by atoms with E-state index >= 15 is 0 Å². The highest BCUT2D eigenvalue weighted by atomic mass is 16.5. The fourth-order valence-corrected chi connectivity index (χ4v) is 2.97. The highest BCUT2D eigenvalue weighted by molar-refractivity contribution is 5.96. The van der Waals surface area contributed by atoms with E-state index in [1.807, 2.05) is 25.1 Å². The highest BCUT2D eigenvalue weighted by Crippen LogP contribution is 2.17. The van der Waals surface area contributed by atoms with E-state index in [4.69, 9.17) is 4.74 Å². The lowest BCUT2D eigenvalue weighted by Gasteiger charge is -2.12. The molecule has 0 radical (unpaired) electrons. The molecule has 1 atom stereocenters. The molecule has 0 aliphatic carbocycles. The number of anilines is 1. The molecule has 2 N–H and O–H groups in total. The summed E-state index contributed by atoms with van der Waals surface area (Å²) in [5, 5.41) is 9.91. The molecule has 7 nitrogen and oxygen atoms in total. The molecule has 2 heterocycles. The maximum absolute atomic E-state index is 12.2. The van der Waals surface area contributed by atoms with Gasteiger partial charge in [0, 0.05) is 43.7 Å². The van der Waals surface area contributed by atoms with Crippen LogP contribution in [0.4, 0.5) is 5.82 Å². The third-order valence-corrected chi connectivity index (χ3v) is 4.47. The Labute approximate surface area is 152 Å². The Morgan fingerprint density at radius 3 is 2.92 bits per heavy atom. The van der Waals surface area contributed by atoms with Gasteiger partial charge in [-0.2, -0.15) is 5.10 Å². The van der Waals surface area contributed by atoms with Gasteiger partial charge >= 0.3 is 0 Å². The summed E-state index contributed by atoms with van der Waals surface area (Å²) in [6.07, 6.45) is 2.89. The van der Waals surface area contributed by atoms with Crippen molar-refractivity contribution in [2.45, 2.75) is 26.3 Å². The van der Waals surface area contributed by atoms with E-state index in [-0.39, 0.29) is 24.8 Å². The van der Waals surface area contributed by atoms with Crippen molar-refractivity contribution in [3.63, 3.8) is 0 Å². The average molecular weight is 356 g/mol. The number of amides is 2. The van der Waals surface area contributed by atoms with Crippen molar-refractivity contribution in [2.24, 2.45) is 5.92 Å². The highest BCUT2D eigenvalue weighted by Gasteiger charge is 2.18. The zero-order valence-electron chi connectivity index (χ0n) is 14.9. The number of nitrogens with one attached hydrogen (secondary N) is 2. The summed E-state index contributed by atoms with van der Waals surface area (Å²) < 4.78 is 7.17. The smallest absolute Gasteiger partial charge is 0.251 e. The van der Waals surface area contributed by atoms with Gasteiger partial charge in [0.15, 0.2) is 0 Å². The SMILES string of the molecule is Cc1ccccc1C(=O)NCCC(=O)Nc1ccnn1C[C@@H]1CCOC1. The molecule has 1 saturated heterocycles. The minimum Gasteiger partial charge on any atom is -0.381 e. The summed E-state index contributed by atoms with van der Waals surface area (Å²) in [7, 11) is 0. The van der Waals surface area contributed by atoms with Crippen molar-refractivity contribution in [1.82, 2.24) is 15.1 Å². The third-order valence-electron chi connectivity index (χ3n) is 4.47. The first-order valence-corrected chi connectivity index (χ1v) is 8.86. The number of ether oxygens (including phenoxy) is 1. The van der Waals surface area contributed by atoms with Crippen LogP contribution in [-0.4, -0.2) is 41.4 Å². The molecule has 1 fully saturated rings. The van der Waals surface area contributed by atoms with Gasteiger partial charge in [-0.1, -0.05) is 18.2 Å². The molecule has 0 saturated carbocycles. The normalized spacial score (nSPS) is 16.4. The maximum Gasteiger partial charge on any atom is 0.251 e. The predicted octanol–water partition coefficient (Wildman–Crippen LogP) is 1.99. The van der Waals surface area contributed by atoms with Crippen LogP contribution in [0.2, 0.25) is 0 Å². The second-order valence-corrected chi connectivity index (χ2v) is 6.50. The number of aromatic nitrogens is 2. The van der Waals surface area contributed by atoms with E-state index in [0.29, 0.717) is 17.3 Å². The molecule has 138 valence electrons. The van der Waals surface area contributed by atoms with Gasteiger partial charge in [0.05, 0.1) is 12.8 Å². The number of carbonyl (C=O) groups excluding carboxylic acids is 2. The molecule has 26 heavy (non-hydrogen) atoms. The first-order chi connectivity index (χ1) is 12.6. The molecule has 2 amide bonds. The fraction of sp³-hybridized carbons (Fsp3) is 0.421. The number of rotatable bonds is 7. The Kier molecular flexibility index (Phi) is 6.01. The van der Waals surface area contributed by atoms with Crippen molar-refractivity contribution in [3.05, 3.63) is 47.7 Å². The topological polar surface area (TPSA) is 85.3 Å². The number of aryl methyl sites for hydroxylation is 1. The fourth-order valence-electron chi connectivity index (χ4n) is 2.97. The van der Waals surface area contributed by atoms with Crippen LogP contribution in [0.3, 0.4) is 0 Å². The van der Waals surface area contributed by atoms with E-state index in [1.165, 1.54) is 0 Å². The standard InChI is InChI=1S/C19H24N4O3/c1-14-4-2-3-5-16(14)19(25)20-9-7-18(24)22-17-6-10-21-23(17)12-15-8-11-26-13-15/h2-6,10,15H,7-9,11-13H2,1H3,(H,20,25)(H,22,24)/t15-/m0/s1. The summed E-state index contributed by atoms with van der Waals surface area (Å²) in [5.74, 6) is 0.785. The second kappa shape index (κ2) is 8.62. The Bertz CT molecular complexity index is 766. The van der Waals surface area contributed by atoms with Crippen LogP contribution in [0.1, 0.15) is 28.8 Å². The van der Waals surface area contributed by atoms with Crippen LogP contribution in [0.25, 0.3) is 0 Å². The van der Waals surface area contributed by atoms with Crippen LogP contribution in [0.15, 0.2) is 36.5 Å². The molecule has 3 rings (SSSR count). The van der Waals surface area contributed by atoms with Gasteiger partial charge in [-0.3, -0.25) is 9.59 Å². The van der Waals surface area contributed by atoms with Crippen molar-refractivity contribution in [3.8, 4) is 0 Å². The van der Waals surface area contributed by atoms with E-state index in [9.17, 15) is 9.59 Å². The number of benzene rings is 1. The van der Waals surface area contributed by atoms with Crippen molar-refractivity contribution >= 4 is 17.6 Å². The van der Waals surface area contributed by atoms with Crippen LogP contribution in [-0.2, 0) is 16.1 Å². The average Bonchev–Trinajstić information content (AvgIpc) is 3.28. The summed E-state index contributed by atoms with van der Waals surface area (Å²) in [4.78, 5) is 24.3. The second-order valence-electron chi connectivity index (χ2n) is 6.50.